The Hall–Kier alpha value is -2.25. The van der Waals surface area contributed by atoms with Crippen LogP contribution in [0, 0.1) is 5.82 Å². The number of carbonyl (C=O) groups is 1. The largest absolute Gasteiger partial charge is 0.450 e. The van der Waals surface area contributed by atoms with Gasteiger partial charge in [0.2, 0.25) is 17.5 Å². The number of hydrogen-bond donors (Lipinski definition) is 0. The summed E-state index contributed by atoms with van der Waals surface area (Å²) in [5.41, 5.74) is 0.369. The van der Waals surface area contributed by atoms with E-state index in [0.29, 0.717) is 5.56 Å². The highest BCUT2D eigenvalue weighted by Gasteiger charge is 2.44. The summed E-state index contributed by atoms with van der Waals surface area (Å²) in [5.74, 6) is -4.48. The van der Waals surface area contributed by atoms with E-state index in [0.717, 1.165) is 19.1 Å². The van der Waals surface area contributed by atoms with Crippen molar-refractivity contribution in [3.8, 4) is 11.4 Å². The molecule has 106 valence electrons. The van der Waals surface area contributed by atoms with Crippen molar-refractivity contribution in [2.24, 2.45) is 0 Å². The minimum absolute atomic E-state index is 0.0122. The first-order chi connectivity index (χ1) is 9.29. The topological polar surface area (TPSA) is 56.0 Å². The molecular formula is C12H8F4N2O2. The maximum absolute atomic E-state index is 12.7. The van der Waals surface area contributed by atoms with Crippen LogP contribution in [0.25, 0.3) is 11.4 Å². The fourth-order valence-corrected chi connectivity index (χ4v) is 1.48. The third-order valence-corrected chi connectivity index (χ3v) is 2.59. The predicted octanol–water partition coefficient (Wildman–Crippen LogP) is 3.11. The Morgan fingerprint density at radius 3 is 2.40 bits per heavy atom. The molecule has 0 saturated heterocycles. The number of carbonyl (C=O) groups excluding carboxylic acids is 1. The molecule has 1 heterocycles. The van der Waals surface area contributed by atoms with E-state index >= 15 is 0 Å². The van der Waals surface area contributed by atoms with Gasteiger partial charge in [-0.15, -0.1) is 0 Å². The number of rotatable bonds is 3. The summed E-state index contributed by atoms with van der Waals surface area (Å²) >= 11 is 0. The average Bonchev–Trinajstić information content (AvgIpc) is 2.86. The fraction of sp³-hybridized carbons (Fsp3) is 0.250. The molecule has 0 aliphatic carbocycles. The molecule has 1 aromatic heterocycles. The van der Waals surface area contributed by atoms with Crippen molar-refractivity contribution in [3.05, 3.63) is 36.0 Å². The van der Waals surface area contributed by atoms with Gasteiger partial charge in [-0.25, -0.2) is 4.39 Å². The molecule has 2 aromatic rings. The van der Waals surface area contributed by atoms with E-state index in [-0.39, 0.29) is 5.82 Å². The summed E-state index contributed by atoms with van der Waals surface area (Å²) in [5, 5.41) is 3.47. The van der Waals surface area contributed by atoms with Gasteiger partial charge in [0.05, 0.1) is 0 Å². The highest BCUT2D eigenvalue weighted by molar-refractivity contribution is 5.89. The van der Waals surface area contributed by atoms with Crippen LogP contribution in [0.2, 0.25) is 0 Å². The Morgan fingerprint density at radius 2 is 1.85 bits per heavy atom. The number of Topliss-reactive ketones (excluding diaryl/α,β-unsaturated/α-hetero) is 1. The molecule has 0 bridgehead atoms. The number of ketones is 1. The van der Waals surface area contributed by atoms with Crippen LogP contribution in [0.3, 0.4) is 0 Å². The number of nitrogens with zero attached hydrogens (tertiary/aromatic N) is 2. The third kappa shape index (κ3) is 2.84. The molecule has 0 fully saturated rings. The number of hydrogen-bond acceptors (Lipinski definition) is 4. The lowest BCUT2D eigenvalue weighted by Gasteiger charge is -2.08. The van der Waals surface area contributed by atoms with Gasteiger partial charge < -0.3 is 4.52 Å². The van der Waals surface area contributed by atoms with Crippen molar-refractivity contribution in [2.75, 3.05) is 0 Å². The molecule has 0 saturated carbocycles. The summed E-state index contributed by atoms with van der Waals surface area (Å²) in [6, 6.07) is 4.99. The fourth-order valence-electron chi connectivity index (χ4n) is 1.48. The highest BCUT2D eigenvalue weighted by atomic mass is 19.4. The molecule has 1 aromatic carbocycles. The number of aromatic nitrogens is 2. The van der Waals surface area contributed by atoms with Crippen LogP contribution in [0.15, 0.2) is 28.8 Å². The minimum atomic E-state index is -4.97. The van der Waals surface area contributed by atoms with E-state index in [9.17, 15) is 22.4 Å². The first-order valence-electron chi connectivity index (χ1n) is 5.49. The number of alkyl halides is 3. The maximum atomic E-state index is 12.7. The number of halogens is 4. The van der Waals surface area contributed by atoms with Crippen molar-refractivity contribution in [1.82, 2.24) is 10.1 Å². The van der Waals surface area contributed by atoms with Gasteiger partial charge >= 0.3 is 6.18 Å². The van der Waals surface area contributed by atoms with Crippen LogP contribution in [0.1, 0.15) is 18.7 Å². The molecular weight excluding hydrogens is 280 g/mol. The molecule has 2 rings (SSSR count). The average molecular weight is 288 g/mol. The Kier molecular flexibility index (Phi) is 3.56. The van der Waals surface area contributed by atoms with E-state index in [1.807, 2.05) is 0 Å². The van der Waals surface area contributed by atoms with Gasteiger partial charge in [0.1, 0.15) is 11.7 Å². The van der Waals surface area contributed by atoms with Gasteiger partial charge in [-0.1, -0.05) is 5.16 Å². The molecule has 0 N–H and O–H groups in total. The second-order valence-electron chi connectivity index (χ2n) is 4.05. The first kappa shape index (κ1) is 14.2. The van der Waals surface area contributed by atoms with Gasteiger partial charge in [-0.2, -0.15) is 18.2 Å². The zero-order valence-corrected chi connectivity index (χ0v) is 10.1. The molecule has 20 heavy (non-hydrogen) atoms. The van der Waals surface area contributed by atoms with Gasteiger partial charge in [-0.3, -0.25) is 4.79 Å². The minimum Gasteiger partial charge on any atom is -0.338 e. The van der Waals surface area contributed by atoms with Crippen molar-refractivity contribution in [1.29, 1.82) is 0 Å². The van der Waals surface area contributed by atoms with E-state index in [1.54, 1.807) is 0 Å². The Labute approximate surface area is 110 Å². The molecule has 0 aliphatic rings. The van der Waals surface area contributed by atoms with Gasteiger partial charge in [-0.05, 0) is 31.2 Å². The quantitative estimate of drug-likeness (QED) is 0.814. The molecule has 1 unspecified atom stereocenters. The maximum Gasteiger partial charge on any atom is 0.450 e. The molecule has 8 heteroatoms. The van der Waals surface area contributed by atoms with Crippen LogP contribution in [0.5, 0.6) is 0 Å². The van der Waals surface area contributed by atoms with Crippen molar-refractivity contribution in [2.45, 2.75) is 19.0 Å². The summed E-state index contributed by atoms with van der Waals surface area (Å²) in [4.78, 5) is 14.8. The summed E-state index contributed by atoms with van der Waals surface area (Å²) in [6.07, 6.45) is -4.97. The smallest absolute Gasteiger partial charge is 0.338 e. The molecule has 0 aliphatic heterocycles. The molecule has 0 radical (unpaired) electrons. The van der Waals surface area contributed by atoms with Crippen molar-refractivity contribution in [3.63, 3.8) is 0 Å². The van der Waals surface area contributed by atoms with Crippen LogP contribution in [-0.2, 0) is 4.79 Å². The van der Waals surface area contributed by atoms with Gasteiger partial charge in [0, 0.05) is 5.56 Å². The standard InChI is InChI=1S/C12H8F4N2O2/c1-6(9(19)12(14,15)16)11-17-10(18-20-11)7-2-4-8(13)5-3-7/h2-6H,1H3. The number of benzene rings is 1. The lowest BCUT2D eigenvalue weighted by atomic mass is 10.1. The molecule has 0 spiro atoms. The van der Waals surface area contributed by atoms with Gasteiger partial charge in [0.15, 0.2) is 0 Å². The SMILES string of the molecule is CC(C(=O)C(F)(F)F)c1nc(-c2ccc(F)cc2)no1. The van der Waals surface area contributed by atoms with Crippen molar-refractivity contribution >= 4 is 5.78 Å². The van der Waals surface area contributed by atoms with Crippen LogP contribution < -0.4 is 0 Å². The van der Waals surface area contributed by atoms with E-state index < -0.39 is 29.6 Å². The zero-order chi connectivity index (χ0) is 14.9. The van der Waals surface area contributed by atoms with Crippen LogP contribution in [0.4, 0.5) is 17.6 Å². The predicted molar refractivity (Wildman–Crippen MR) is 59.2 cm³/mol. The second-order valence-corrected chi connectivity index (χ2v) is 4.05. The van der Waals surface area contributed by atoms with Gasteiger partial charge in [0.25, 0.3) is 0 Å². The first-order valence-corrected chi connectivity index (χ1v) is 5.49. The molecule has 4 nitrogen and oxygen atoms in total. The van der Waals surface area contributed by atoms with E-state index in [1.165, 1.54) is 12.1 Å². The van der Waals surface area contributed by atoms with E-state index in [2.05, 4.69) is 14.7 Å². The van der Waals surface area contributed by atoms with Crippen LogP contribution in [-0.4, -0.2) is 22.1 Å². The van der Waals surface area contributed by atoms with E-state index in [4.69, 9.17) is 0 Å². The monoisotopic (exact) mass is 288 g/mol. The second kappa shape index (κ2) is 5.03. The summed E-state index contributed by atoms with van der Waals surface area (Å²) in [7, 11) is 0. The summed E-state index contributed by atoms with van der Waals surface area (Å²) < 4.78 is 54.2. The van der Waals surface area contributed by atoms with Crippen LogP contribution >= 0.6 is 0 Å². The van der Waals surface area contributed by atoms with Crippen molar-refractivity contribution < 1.29 is 26.9 Å². The normalized spacial score (nSPS) is 13.2. The zero-order valence-electron chi connectivity index (χ0n) is 10.1. The Morgan fingerprint density at radius 1 is 1.25 bits per heavy atom. The Bertz CT molecular complexity index is 619. The lowest BCUT2D eigenvalue weighted by Crippen LogP contribution is -2.27. The summed E-state index contributed by atoms with van der Waals surface area (Å²) in [6.45, 7) is 1.03. The molecule has 1 atom stereocenters. The third-order valence-electron chi connectivity index (χ3n) is 2.59. The highest BCUT2D eigenvalue weighted by Crippen LogP contribution is 2.27. The Balaban J connectivity index is 2.25. The molecule has 0 amide bonds. The lowest BCUT2D eigenvalue weighted by molar-refractivity contribution is -0.172.